The van der Waals surface area contributed by atoms with Crippen LogP contribution < -0.4 is 0 Å². The lowest BCUT2D eigenvalue weighted by molar-refractivity contribution is -0.151. The number of hydrogen-bond acceptors (Lipinski definition) is 3. The summed E-state index contributed by atoms with van der Waals surface area (Å²) in [6.07, 6.45) is 7.16. The minimum Gasteiger partial charge on any atom is -0.368 e. The van der Waals surface area contributed by atoms with Gasteiger partial charge in [0.05, 0.1) is 12.4 Å². The number of imidazole rings is 1. The Kier molecular flexibility index (Phi) is 3.87. The van der Waals surface area contributed by atoms with Crippen LogP contribution in [-0.4, -0.2) is 39.6 Å². The van der Waals surface area contributed by atoms with Gasteiger partial charge in [0.2, 0.25) is 0 Å². The zero-order valence-electron chi connectivity index (χ0n) is 13.0. The minimum atomic E-state index is -0.316. The van der Waals surface area contributed by atoms with E-state index in [1.165, 1.54) is 5.56 Å². The zero-order chi connectivity index (χ0) is 15.6. The molecule has 0 aliphatic carbocycles. The van der Waals surface area contributed by atoms with Gasteiger partial charge in [-0.1, -0.05) is 30.3 Å². The van der Waals surface area contributed by atoms with Crippen molar-refractivity contribution in [3.05, 3.63) is 54.6 Å². The predicted octanol–water partition coefficient (Wildman–Crippen LogP) is 2.26. The van der Waals surface area contributed by atoms with Crippen molar-refractivity contribution in [2.75, 3.05) is 13.2 Å². The molecule has 23 heavy (non-hydrogen) atoms. The highest BCUT2D eigenvalue weighted by atomic mass is 16.5. The van der Waals surface area contributed by atoms with Crippen LogP contribution in [0.2, 0.25) is 0 Å². The maximum Gasteiger partial charge on any atom is 0.252 e. The maximum absolute atomic E-state index is 12.9. The van der Waals surface area contributed by atoms with Gasteiger partial charge in [-0.15, -0.1) is 0 Å². The molecule has 0 bridgehead atoms. The van der Waals surface area contributed by atoms with Crippen molar-refractivity contribution in [1.29, 1.82) is 0 Å². The fourth-order valence-corrected chi connectivity index (χ4v) is 3.60. The Morgan fingerprint density at radius 2 is 2.13 bits per heavy atom. The van der Waals surface area contributed by atoms with E-state index in [2.05, 4.69) is 17.1 Å². The smallest absolute Gasteiger partial charge is 0.252 e. The topological polar surface area (TPSA) is 47.4 Å². The fourth-order valence-electron chi connectivity index (χ4n) is 3.60. The largest absolute Gasteiger partial charge is 0.368 e. The number of nitrogens with zero attached hydrogens (tertiary/aromatic N) is 3. The Balaban J connectivity index is 1.45. The van der Waals surface area contributed by atoms with Gasteiger partial charge in [-0.05, 0) is 18.4 Å². The maximum atomic E-state index is 12.9. The molecule has 4 rings (SSSR count). The Labute approximate surface area is 135 Å². The van der Waals surface area contributed by atoms with E-state index in [-0.39, 0.29) is 24.0 Å². The predicted molar refractivity (Wildman–Crippen MR) is 85.6 cm³/mol. The average Bonchev–Trinajstić information content (AvgIpc) is 3.19. The molecular weight excluding hydrogens is 290 g/mol. The molecular formula is C18H21N3O2. The summed E-state index contributed by atoms with van der Waals surface area (Å²) in [5.74, 6) is 0.376. The highest BCUT2D eigenvalue weighted by Crippen LogP contribution is 2.36. The number of rotatable bonds is 4. The molecule has 5 nitrogen and oxygen atoms in total. The van der Waals surface area contributed by atoms with Crippen LogP contribution in [0.4, 0.5) is 0 Å². The first-order valence-electron chi connectivity index (χ1n) is 8.26. The standard InChI is InChI=1S/C18H21N3O2/c22-18(21-9-6-16(21)14-4-2-1-3-5-14)17-15(7-11-23-17)12-20-10-8-19-13-20/h1-5,8,10,13,15-17H,6-7,9,11-12H2/t15-,16?,17-/m1/s1. The van der Waals surface area contributed by atoms with Crippen molar-refractivity contribution in [1.82, 2.24) is 14.5 Å². The van der Waals surface area contributed by atoms with Crippen LogP contribution in [0.1, 0.15) is 24.4 Å². The lowest BCUT2D eigenvalue weighted by atomic mass is 9.92. The number of ether oxygens (including phenoxy) is 1. The van der Waals surface area contributed by atoms with Gasteiger partial charge in [0, 0.05) is 38.0 Å². The molecule has 2 fully saturated rings. The van der Waals surface area contributed by atoms with Crippen molar-refractivity contribution >= 4 is 5.91 Å². The Hall–Kier alpha value is -2.14. The Morgan fingerprint density at radius 1 is 1.26 bits per heavy atom. The molecule has 0 radical (unpaired) electrons. The summed E-state index contributed by atoms with van der Waals surface area (Å²) in [7, 11) is 0. The quantitative estimate of drug-likeness (QED) is 0.870. The second-order valence-corrected chi connectivity index (χ2v) is 6.35. The third-order valence-corrected chi connectivity index (χ3v) is 4.95. The van der Waals surface area contributed by atoms with Gasteiger partial charge in [-0.25, -0.2) is 4.98 Å². The SMILES string of the molecule is O=C([C@@H]1OCC[C@@H]1Cn1ccnc1)N1CCC1c1ccccc1. The summed E-state index contributed by atoms with van der Waals surface area (Å²) in [6.45, 7) is 2.29. The second-order valence-electron chi connectivity index (χ2n) is 6.35. The van der Waals surface area contributed by atoms with Gasteiger partial charge in [0.15, 0.2) is 0 Å². The van der Waals surface area contributed by atoms with Crippen molar-refractivity contribution < 1.29 is 9.53 Å². The van der Waals surface area contributed by atoms with Gasteiger partial charge in [0.1, 0.15) is 6.10 Å². The van der Waals surface area contributed by atoms with Crippen LogP contribution >= 0.6 is 0 Å². The van der Waals surface area contributed by atoms with Crippen LogP contribution in [0.3, 0.4) is 0 Å². The van der Waals surface area contributed by atoms with E-state index in [1.807, 2.05) is 33.9 Å². The number of carbonyl (C=O) groups is 1. The van der Waals surface area contributed by atoms with Crippen molar-refractivity contribution in [3.63, 3.8) is 0 Å². The molecule has 2 aliphatic heterocycles. The summed E-state index contributed by atoms with van der Waals surface area (Å²) in [5, 5.41) is 0. The average molecular weight is 311 g/mol. The third-order valence-electron chi connectivity index (χ3n) is 4.95. The molecule has 1 aromatic carbocycles. The molecule has 0 N–H and O–H groups in total. The van der Waals surface area contributed by atoms with Crippen LogP contribution in [0.5, 0.6) is 0 Å². The Bertz CT molecular complexity index is 656. The molecule has 2 aliphatic rings. The van der Waals surface area contributed by atoms with E-state index in [9.17, 15) is 4.79 Å². The van der Waals surface area contributed by atoms with Gasteiger partial charge in [-0.3, -0.25) is 4.79 Å². The zero-order valence-corrected chi connectivity index (χ0v) is 13.0. The first kappa shape index (κ1) is 14.5. The van der Waals surface area contributed by atoms with E-state index < -0.39 is 0 Å². The van der Waals surface area contributed by atoms with Crippen LogP contribution in [0.25, 0.3) is 0 Å². The van der Waals surface area contributed by atoms with E-state index in [4.69, 9.17) is 4.74 Å². The molecule has 2 aromatic rings. The summed E-state index contributed by atoms with van der Waals surface area (Å²) >= 11 is 0. The normalized spacial score (nSPS) is 27.0. The highest BCUT2D eigenvalue weighted by Gasteiger charge is 2.42. The lowest BCUT2D eigenvalue weighted by Crippen LogP contribution is -2.51. The molecule has 120 valence electrons. The molecule has 0 spiro atoms. The van der Waals surface area contributed by atoms with Crippen LogP contribution in [0.15, 0.2) is 49.1 Å². The molecule has 2 saturated heterocycles. The van der Waals surface area contributed by atoms with Crippen LogP contribution in [0, 0.1) is 5.92 Å². The number of carbonyl (C=O) groups excluding carboxylic acids is 1. The minimum absolute atomic E-state index is 0.146. The molecule has 1 unspecified atom stereocenters. The first-order chi connectivity index (χ1) is 11.3. The molecule has 3 atom stereocenters. The number of likely N-dealkylation sites (tertiary alicyclic amines) is 1. The monoisotopic (exact) mass is 311 g/mol. The lowest BCUT2D eigenvalue weighted by Gasteiger charge is -2.43. The third kappa shape index (κ3) is 2.77. The summed E-state index contributed by atoms with van der Waals surface area (Å²) < 4.78 is 7.82. The van der Waals surface area contributed by atoms with Gasteiger partial charge >= 0.3 is 0 Å². The van der Waals surface area contributed by atoms with E-state index in [0.29, 0.717) is 6.61 Å². The number of amides is 1. The number of aromatic nitrogens is 2. The molecule has 1 amide bonds. The van der Waals surface area contributed by atoms with Gasteiger partial charge in [-0.2, -0.15) is 0 Å². The van der Waals surface area contributed by atoms with Crippen molar-refractivity contribution in [3.8, 4) is 0 Å². The van der Waals surface area contributed by atoms with Crippen LogP contribution in [-0.2, 0) is 16.1 Å². The Morgan fingerprint density at radius 3 is 2.83 bits per heavy atom. The van der Waals surface area contributed by atoms with Gasteiger partial charge in [0.25, 0.3) is 5.91 Å². The number of hydrogen-bond donors (Lipinski definition) is 0. The fraction of sp³-hybridized carbons (Fsp3) is 0.444. The molecule has 3 heterocycles. The highest BCUT2D eigenvalue weighted by molar-refractivity contribution is 5.82. The van der Waals surface area contributed by atoms with E-state index in [0.717, 1.165) is 25.9 Å². The molecule has 5 heteroatoms. The van der Waals surface area contributed by atoms with Gasteiger partial charge < -0.3 is 14.2 Å². The van der Waals surface area contributed by atoms with E-state index >= 15 is 0 Å². The van der Waals surface area contributed by atoms with E-state index in [1.54, 1.807) is 12.5 Å². The summed E-state index contributed by atoms with van der Waals surface area (Å²) in [6, 6.07) is 10.5. The van der Waals surface area contributed by atoms with Crippen molar-refractivity contribution in [2.24, 2.45) is 5.92 Å². The summed E-state index contributed by atoms with van der Waals surface area (Å²) in [4.78, 5) is 19.0. The molecule has 0 saturated carbocycles. The first-order valence-corrected chi connectivity index (χ1v) is 8.26. The number of benzene rings is 1. The summed E-state index contributed by atoms with van der Waals surface area (Å²) in [5.41, 5.74) is 1.22. The second kappa shape index (κ2) is 6.16. The molecule has 1 aromatic heterocycles. The van der Waals surface area contributed by atoms with Crippen molar-refractivity contribution in [2.45, 2.75) is 31.5 Å².